The maximum Gasteiger partial charge on any atom is 0.242 e. The zero-order chi connectivity index (χ0) is 10.6. The van der Waals surface area contributed by atoms with Gasteiger partial charge in [0, 0.05) is 11.1 Å². The van der Waals surface area contributed by atoms with Gasteiger partial charge in [0.1, 0.15) is 5.82 Å². The van der Waals surface area contributed by atoms with Gasteiger partial charge in [-0.25, -0.2) is 4.98 Å². The molecule has 1 unspecified atom stereocenters. The number of halogens is 2. The van der Waals surface area contributed by atoms with Crippen LogP contribution in [0.5, 0.6) is 0 Å². The van der Waals surface area contributed by atoms with Crippen molar-refractivity contribution in [2.24, 2.45) is 5.73 Å². The van der Waals surface area contributed by atoms with Gasteiger partial charge >= 0.3 is 0 Å². The molecule has 1 heterocycles. The lowest BCUT2D eigenvalue weighted by molar-refractivity contribution is -0.117. The molecular formula is C9H15Cl2N3OS. The minimum atomic E-state index is -0.517. The highest BCUT2D eigenvalue weighted by Crippen LogP contribution is 2.14. The van der Waals surface area contributed by atoms with Crippen LogP contribution in [0.15, 0.2) is 23.2 Å². The first-order valence-electron chi connectivity index (χ1n) is 4.20. The average Bonchev–Trinajstić information content (AvgIpc) is 2.19. The summed E-state index contributed by atoms with van der Waals surface area (Å²) >= 11 is 1.60. The van der Waals surface area contributed by atoms with Crippen LogP contribution in [0.3, 0.4) is 0 Å². The summed E-state index contributed by atoms with van der Waals surface area (Å²) in [5.41, 5.74) is 5.40. The summed E-state index contributed by atoms with van der Waals surface area (Å²) in [6.07, 6.45) is 3.68. The van der Waals surface area contributed by atoms with Crippen LogP contribution in [0.2, 0.25) is 0 Å². The number of hydrogen-bond donors (Lipinski definition) is 2. The number of carbonyl (C=O) groups excluding carboxylic acids is 1. The van der Waals surface area contributed by atoms with Gasteiger partial charge in [-0.15, -0.1) is 36.6 Å². The Balaban J connectivity index is 0. The van der Waals surface area contributed by atoms with E-state index in [0.29, 0.717) is 5.82 Å². The topological polar surface area (TPSA) is 68.0 Å². The van der Waals surface area contributed by atoms with Crippen molar-refractivity contribution < 1.29 is 4.79 Å². The predicted octanol–water partition coefficient (Wildman–Crippen LogP) is 1.93. The minimum absolute atomic E-state index is 0. The van der Waals surface area contributed by atoms with Crippen LogP contribution in [0.1, 0.15) is 6.92 Å². The van der Waals surface area contributed by atoms with Crippen LogP contribution in [0.25, 0.3) is 0 Å². The van der Waals surface area contributed by atoms with Gasteiger partial charge in [0.2, 0.25) is 5.91 Å². The van der Waals surface area contributed by atoms with E-state index in [-0.39, 0.29) is 30.7 Å². The molecule has 3 N–H and O–H groups in total. The second kappa shape index (κ2) is 8.64. The van der Waals surface area contributed by atoms with E-state index in [1.807, 2.05) is 12.3 Å². The molecule has 0 saturated carbocycles. The number of nitrogens with zero attached hydrogens (tertiary/aromatic N) is 1. The smallest absolute Gasteiger partial charge is 0.242 e. The fraction of sp³-hybridized carbons (Fsp3) is 0.333. The van der Waals surface area contributed by atoms with E-state index in [0.717, 1.165) is 4.90 Å². The van der Waals surface area contributed by atoms with Crippen LogP contribution in [0, 0.1) is 0 Å². The summed E-state index contributed by atoms with van der Waals surface area (Å²) < 4.78 is 0. The second-order valence-electron chi connectivity index (χ2n) is 2.86. The van der Waals surface area contributed by atoms with Crippen molar-refractivity contribution in [3.05, 3.63) is 18.3 Å². The maximum absolute atomic E-state index is 11.2. The van der Waals surface area contributed by atoms with Crippen LogP contribution in [0.4, 0.5) is 5.82 Å². The lowest BCUT2D eigenvalue weighted by Crippen LogP contribution is -2.32. The number of anilines is 1. The number of pyridine rings is 1. The molecule has 92 valence electrons. The fourth-order valence-corrected chi connectivity index (χ4v) is 1.18. The molecule has 0 aromatic carbocycles. The van der Waals surface area contributed by atoms with Gasteiger partial charge in [-0.05, 0) is 25.3 Å². The SMILES string of the molecule is CSc1ccc(NC(=O)C(C)N)nc1.Cl.Cl. The highest BCUT2D eigenvalue weighted by Gasteiger charge is 2.07. The summed E-state index contributed by atoms with van der Waals surface area (Å²) in [5.74, 6) is 0.305. The zero-order valence-corrected chi connectivity index (χ0v) is 11.4. The van der Waals surface area contributed by atoms with Gasteiger partial charge in [0.05, 0.1) is 6.04 Å². The summed E-state index contributed by atoms with van der Waals surface area (Å²) in [6, 6.07) is 3.14. The van der Waals surface area contributed by atoms with Crippen molar-refractivity contribution in [2.45, 2.75) is 17.9 Å². The highest BCUT2D eigenvalue weighted by atomic mass is 35.5. The lowest BCUT2D eigenvalue weighted by atomic mass is 10.3. The van der Waals surface area contributed by atoms with Crippen LogP contribution in [-0.2, 0) is 4.79 Å². The second-order valence-corrected chi connectivity index (χ2v) is 3.74. The van der Waals surface area contributed by atoms with Gasteiger partial charge in [0.15, 0.2) is 0 Å². The molecule has 0 radical (unpaired) electrons. The van der Waals surface area contributed by atoms with E-state index in [1.54, 1.807) is 30.9 Å². The third-order valence-electron chi connectivity index (χ3n) is 1.64. The first-order chi connectivity index (χ1) is 6.63. The van der Waals surface area contributed by atoms with Crippen molar-refractivity contribution in [2.75, 3.05) is 11.6 Å². The molecule has 0 spiro atoms. The Morgan fingerprint density at radius 2 is 2.12 bits per heavy atom. The molecule has 0 fully saturated rings. The molecule has 0 aliphatic rings. The molecule has 0 aliphatic heterocycles. The van der Waals surface area contributed by atoms with Crippen LogP contribution >= 0.6 is 36.6 Å². The monoisotopic (exact) mass is 283 g/mol. The highest BCUT2D eigenvalue weighted by molar-refractivity contribution is 7.98. The van der Waals surface area contributed by atoms with E-state index in [2.05, 4.69) is 10.3 Å². The standard InChI is InChI=1S/C9H13N3OS.2ClH/c1-6(10)9(13)12-8-4-3-7(14-2)5-11-8;;/h3-6H,10H2,1-2H3,(H,11,12,13);2*1H. The van der Waals surface area contributed by atoms with E-state index >= 15 is 0 Å². The quantitative estimate of drug-likeness (QED) is 0.832. The van der Waals surface area contributed by atoms with E-state index in [9.17, 15) is 4.79 Å². The number of aromatic nitrogens is 1. The molecule has 0 saturated heterocycles. The molecule has 1 atom stereocenters. The molecule has 0 bridgehead atoms. The Hall–Kier alpha value is -0.490. The zero-order valence-electron chi connectivity index (χ0n) is 8.97. The molecular weight excluding hydrogens is 269 g/mol. The number of rotatable bonds is 3. The number of hydrogen-bond acceptors (Lipinski definition) is 4. The van der Waals surface area contributed by atoms with E-state index in [1.165, 1.54) is 0 Å². The van der Waals surface area contributed by atoms with Gasteiger partial charge in [0.25, 0.3) is 0 Å². The van der Waals surface area contributed by atoms with Gasteiger partial charge < -0.3 is 11.1 Å². The molecule has 7 heteroatoms. The molecule has 1 amide bonds. The summed E-state index contributed by atoms with van der Waals surface area (Å²) in [5, 5.41) is 2.61. The first kappa shape index (κ1) is 17.9. The van der Waals surface area contributed by atoms with Gasteiger partial charge in [-0.2, -0.15) is 0 Å². The normalized spacial score (nSPS) is 10.7. The van der Waals surface area contributed by atoms with Crippen molar-refractivity contribution >= 4 is 48.3 Å². The van der Waals surface area contributed by atoms with Crippen molar-refractivity contribution in [3.8, 4) is 0 Å². The number of nitrogens with two attached hydrogens (primary N) is 1. The number of amides is 1. The van der Waals surface area contributed by atoms with E-state index < -0.39 is 6.04 Å². The van der Waals surface area contributed by atoms with Gasteiger partial charge in [-0.1, -0.05) is 0 Å². The average molecular weight is 284 g/mol. The maximum atomic E-state index is 11.2. The van der Waals surface area contributed by atoms with Crippen molar-refractivity contribution in [1.29, 1.82) is 0 Å². The Morgan fingerprint density at radius 3 is 2.50 bits per heavy atom. The predicted molar refractivity (Wildman–Crippen MR) is 72.8 cm³/mol. The van der Waals surface area contributed by atoms with Crippen molar-refractivity contribution in [1.82, 2.24) is 4.98 Å². The molecule has 0 aliphatic carbocycles. The molecule has 4 nitrogen and oxygen atoms in total. The Morgan fingerprint density at radius 1 is 1.50 bits per heavy atom. The van der Waals surface area contributed by atoms with E-state index in [4.69, 9.17) is 5.73 Å². The number of thioether (sulfide) groups is 1. The third kappa shape index (κ3) is 5.55. The molecule has 1 rings (SSSR count). The summed E-state index contributed by atoms with van der Waals surface area (Å²) in [4.78, 5) is 16.3. The number of nitrogens with one attached hydrogen (secondary N) is 1. The lowest BCUT2D eigenvalue weighted by Gasteiger charge is -2.06. The van der Waals surface area contributed by atoms with Crippen LogP contribution in [-0.4, -0.2) is 23.2 Å². The Bertz CT molecular complexity index is 319. The fourth-order valence-electron chi connectivity index (χ4n) is 0.815. The molecule has 1 aromatic rings. The largest absolute Gasteiger partial charge is 0.320 e. The minimum Gasteiger partial charge on any atom is -0.320 e. The summed E-state index contributed by atoms with van der Waals surface area (Å²) in [7, 11) is 0. The first-order valence-corrected chi connectivity index (χ1v) is 5.42. The Labute approximate surface area is 112 Å². The van der Waals surface area contributed by atoms with Crippen molar-refractivity contribution in [3.63, 3.8) is 0 Å². The molecule has 16 heavy (non-hydrogen) atoms. The summed E-state index contributed by atoms with van der Waals surface area (Å²) in [6.45, 7) is 1.63. The number of carbonyl (C=O) groups is 1. The van der Waals surface area contributed by atoms with Crippen LogP contribution < -0.4 is 11.1 Å². The Kier molecular flexibility index (Phi) is 9.66. The van der Waals surface area contributed by atoms with Gasteiger partial charge in [-0.3, -0.25) is 4.79 Å². The molecule has 1 aromatic heterocycles. The third-order valence-corrected chi connectivity index (χ3v) is 2.35.